The third kappa shape index (κ3) is 4.61. The molecule has 1 unspecified atom stereocenters. The quantitative estimate of drug-likeness (QED) is 0.668. The van der Waals surface area contributed by atoms with Crippen LogP contribution in [0.15, 0.2) is 21.5 Å². The van der Waals surface area contributed by atoms with Crippen molar-refractivity contribution < 1.29 is 13.5 Å². The van der Waals surface area contributed by atoms with Gasteiger partial charge < -0.3 is 10.8 Å². The number of nitrogens with two attached hydrogens (primary N) is 1. The van der Waals surface area contributed by atoms with Gasteiger partial charge in [-0.3, -0.25) is 0 Å². The Morgan fingerprint density at radius 3 is 2.74 bits per heavy atom. The summed E-state index contributed by atoms with van der Waals surface area (Å²) in [7, 11) is -3.71. The zero-order valence-corrected chi connectivity index (χ0v) is 13.5. The van der Waals surface area contributed by atoms with Crippen molar-refractivity contribution in [2.45, 2.75) is 30.7 Å². The molecule has 0 heterocycles. The van der Waals surface area contributed by atoms with E-state index in [-0.39, 0.29) is 28.3 Å². The molecule has 5 nitrogen and oxygen atoms in total. The lowest BCUT2D eigenvalue weighted by atomic mass is 10.2. The van der Waals surface area contributed by atoms with Crippen LogP contribution >= 0.6 is 27.5 Å². The van der Waals surface area contributed by atoms with E-state index in [1.165, 1.54) is 12.1 Å². The van der Waals surface area contributed by atoms with Crippen molar-refractivity contribution in [1.82, 2.24) is 4.72 Å². The number of benzene rings is 1. The summed E-state index contributed by atoms with van der Waals surface area (Å²) in [5, 5.41) is 8.98. The van der Waals surface area contributed by atoms with Gasteiger partial charge in [0.2, 0.25) is 10.0 Å². The van der Waals surface area contributed by atoms with Crippen molar-refractivity contribution >= 4 is 43.2 Å². The number of sulfonamides is 1. The zero-order valence-electron chi connectivity index (χ0n) is 10.4. The van der Waals surface area contributed by atoms with Crippen molar-refractivity contribution in [2.75, 3.05) is 12.3 Å². The summed E-state index contributed by atoms with van der Waals surface area (Å²) in [6, 6.07) is 2.52. The average molecular weight is 372 g/mol. The Morgan fingerprint density at radius 1 is 1.53 bits per heavy atom. The monoisotopic (exact) mass is 370 g/mol. The number of nitrogens with one attached hydrogen (secondary N) is 1. The summed E-state index contributed by atoms with van der Waals surface area (Å²) in [6.07, 6.45) is 1.08. The largest absolute Gasteiger partial charge is 0.398 e. The predicted molar refractivity (Wildman–Crippen MR) is 79.7 cm³/mol. The molecule has 0 aromatic heterocycles. The molecule has 8 heteroatoms. The molecule has 0 fully saturated rings. The molecule has 0 aliphatic heterocycles. The molecular formula is C11H16BrClN2O3S. The van der Waals surface area contributed by atoms with E-state index in [1.807, 2.05) is 0 Å². The standard InChI is InChI=1S/C11H16BrClN2O3S/c1-7(3-2-4-16)15-19(17,18)10-6-8(13)5-9(14)11(10)12/h5-7,15-16H,2-4,14H2,1H3. The van der Waals surface area contributed by atoms with Crippen LogP contribution in [0.25, 0.3) is 0 Å². The topological polar surface area (TPSA) is 92.4 Å². The van der Waals surface area contributed by atoms with Crippen LogP contribution in [0.1, 0.15) is 19.8 Å². The highest BCUT2D eigenvalue weighted by atomic mass is 79.9. The van der Waals surface area contributed by atoms with Crippen molar-refractivity contribution in [3.05, 3.63) is 21.6 Å². The van der Waals surface area contributed by atoms with Gasteiger partial charge in [0.05, 0.1) is 9.37 Å². The van der Waals surface area contributed by atoms with Crippen LogP contribution in [-0.2, 0) is 10.0 Å². The van der Waals surface area contributed by atoms with Crippen LogP contribution in [0.4, 0.5) is 5.69 Å². The minimum absolute atomic E-state index is 0.00773. The average Bonchev–Trinajstić information content (AvgIpc) is 2.30. The highest BCUT2D eigenvalue weighted by Crippen LogP contribution is 2.31. The molecule has 1 rings (SSSR count). The summed E-state index contributed by atoms with van der Waals surface area (Å²) < 4.78 is 27.2. The molecule has 0 saturated carbocycles. The summed E-state index contributed by atoms with van der Waals surface area (Å²) >= 11 is 8.97. The van der Waals surface area contributed by atoms with Crippen molar-refractivity contribution in [2.24, 2.45) is 0 Å². The first-order chi connectivity index (χ1) is 8.77. The second-order valence-electron chi connectivity index (χ2n) is 4.20. The van der Waals surface area contributed by atoms with Crippen LogP contribution < -0.4 is 10.5 Å². The Morgan fingerprint density at radius 2 is 2.16 bits per heavy atom. The van der Waals surface area contributed by atoms with E-state index in [2.05, 4.69) is 20.7 Å². The van der Waals surface area contributed by atoms with Gasteiger partial charge in [0.15, 0.2) is 0 Å². The predicted octanol–water partition coefficient (Wildman–Crippen LogP) is 2.12. The molecule has 0 amide bonds. The van der Waals surface area contributed by atoms with Crippen molar-refractivity contribution in [1.29, 1.82) is 0 Å². The van der Waals surface area contributed by atoms with Crippen LogP contribution in [0.3, 0.4) is 0 Å². The number of aliphatic hydroxyl groups is 1. The van der Waals surface area contributed by atoms with Crippen LogP contribution in [-0.4, -0.2) is 26.2 Å². The molecule has 0 saturated heterocycles. The highest BCUT2D eigenvalue weighted by Gasteiger charge is 2.22. The third-order valence-corrected chi connectivity index (χ3v) is 5.45. The van der Waals surface area contributed by atoms with Crippen LogP contribution in [0, 0.1) is 0 Å². The number of aliphatic hydroxyl groups excluding tert-OH is 1. The fourth-order valence-electron chi connectivity index (χ4n) is 1.56. The van der Waals surface area contributed by atoms with Crippen LogP contribution in [0.2, 0.25) is 5.02 Å². The minimum atomic E-state index is -3.71. The van der Waals surface area contributed by atoms with Gasteiger partial charge in [-0.15, -0.1) is 0 Å². The second-order valence-corrected chi connectivity index (χ2v) is 7.11. The lowest BCUT2D eigenvalue weighted by Gasteiger charge is -2.15. The van der Waals surface area contributed by atoms with E-state index in [4.69, 9.17) is 22.4 Å². The van der Waals surface area contributed by atoms with Crippen molar-refractivity contribution in [3.8, 4) is 0 Å². The van der Waals surface area contributed by atoms with Gasteiger partial charge in [-0.2, -0.15) is 0 Å². The van der Waals surface area contributed by atoms with E-state index >= 15 is 0 Å². The Bertz CT molecular complexity index is 551. The maximum absolute atomic E-state index is 12.2. The Kier molecular flexibility index (Phi) is 6.07. The lowest BCUT2D eigenvalue weighted by molar-refractivity contribution is 0.279. The molecule has 108 valence electrons. The summed E-state index contributed by atoms with van der Waals surface area (Å²) in [5.41, 5.74) is 5.93. The molecule has 0 aliphatic rings. The SMILES string of the molecule is CC(CCCO)NS(=O)(=O)c1cc(Cl)cc(N)c1Br. The lowest BCUT2D eigenvalue weighted by Crippen LogP contribution is -2.33. The first-order valence-corrected chi connectivity index (χ1v) is 8.31. The molecule has 0 bridgehead atoms. The number of hydrogen-bond donors (Lipinski definition) is 3. The molecule has 1 aromatic rings. The van der Waals surface area contributed by atoms with E-state index < -0.39 is 10.0 Å². The molecule has 0 radical (unpaired) electrons. The Hall–Kier alpha value is -0.340. The van der Waals surface area contributed by atoms with E-state index in [1.54, 1.807) is 6.92 Å². The van der Waals surface area contributed by atoms with Gasteiger partial charge in [0.1, 0.15) is 0 Å². The van der Waals surface area contributed by atoms with Gasteiger partial charge in [0.25, 0.3) is 0 Å². The second kappa shape index (κ2) is 6.90. The third-order valence-electron chi connectivity index (χ3n) is 2.47. The molecule has 0 aliphatic carbocycles. The van der Waals surface area contributed by atoms with Gasteiger partial charge in [0, 0.05) is 23.4 Å². The molecule has 19 heavy (non-hydrogen) atoms. The van der Waals surface area contributed by atoms with Crippen molar-refractivity contribution in [3.63, 3.8) is 0 Å². The fourth-order valence-corrected chi connectivity index (χ4v) is 4.13. The Balaban J connectivity index is 3.01. The van der Waals surface area contributed by atoms with Gasteiger partial charge in [-0.05, 0) is 47.8 Å². The summed E-state index contributed by atoms with van der Waals surface area (Å²) in [4.78, 5) is 0.00773. The maximum atomic E-state index is 12.2. The van der Waals surface area contributed by atoms with Crippen LogP contribution in [0.5, 0.6) is 0 Å². The van der Waals surface area contributed by atoms with E-state index in [0.717, 1.165) is 0 Å². The zero-order chi connectivity index (χ0) is 14.6. The smallest absolute Gasteiger partial charge is 0.242 e. The molecule has 1 atom stereocenters. The van der Waals surface area contributed by atoms with E-state index in [0.29, 0.717) is 17.3 Å². The van der Waals surface area contributed by atoms with Gasteiger partial charge in [-0.25, -0.2) is 13.1 Å². The first-order valence-electron chi connectivity index (χ1n) is 5.65. The van der Waals surface area contributed by atoms with Gasteiger partial charge >= 0.3 is 0 Å². The number of hydrogen-bond acceptors (Lipinski definition) is 4. The summed E-state index contributed by atoms with van der Waals surface area (Å²) in [5.74, 6) is 0. The van der Waals surface area contributed by atoms with Gasteiger partial charge in [-0.1, -0.05) is 11.6 Å². The first kappa shape index (κ1) is 16.7. The molecular weight excluding hydrogens is 356 g/mol. The normalized spacial score (nSPS) is 13.5. The number of halogens is 2. The highest BCUT2D eigenvalue weighted by molar-refractivity contribution is 9.10. The summed E-state index contributed by atoms with van der Waals surface area (Å²) in [6.45, 7) is 1.76. The number of rotatable bonds is 6. The molecule has 4 N–H and O–H groups in total. The fraction of sp³-hybridized carbons (Fsp3) is 0.455. The number of nitrogen functional groups attached to an aromatic ring is 1. The number of anilines is 1. The minimum Gasteiger partial charge on any atom is -0.398 e. The Labute approximate surface area is 126 Å². The molecule has 0 spiro atoms. The maximum Gasteiger partial charge on any atom is 0.242 e. The molecule has 1 aromatic carbocycles. The van der Waals surface area contributed by atoms with E-state index in [9.17, 15) is 8.42 Å².